The Balaban J connectivity index is 1.29. The molecule has 2 heterocycles. The number of benzene rings is 1. The highest BCUT2D eigenvalue weighted by molar-refractivity contribution is 6.00. The van der Waals surface area contributed by atoms with Crippen LogP contribution < -0.4 is 5.32 Å². The summed E-state index contributed by atoms with van der Waals surface area (Å²) in [6.45, 7) is 3.86. The van der Waals surface area contributed by atoms with Gasteiger partial charge >= 0.3 is 6.03 Å². The predicted molar refractivity (Wildman–Crippen MR) is 108 cm³/mol. The lowest BCUT2D eigenvalue weighted by molar-refractivity contribution is 0.0265. The third-order valence-corrected chi connectivity index (χ3v) is 6.53. The van der Waals surface area contributed by atoms with Gasteiger partial charge in [0.05, 0.1) is 12.3 Å². The van der Waals surface area contributed by atoms with E-state index in [4.69, 9.17) is 0 Å². The van der Waals surface area contributed by atoms with Crippen LogP contribution in [0.15, 0.2) is 28.3 Å². The summed E-state index contributed by atoms with van der Waals surface area (Å²) in [6, 6.07) is 4.26. The first-order valence-corrected chi connectivity index (χ1v) is 10.3. The molecule has 3 aliphatic rings. The van der Waals surface area contributed by atoms with Crippen molar-refractivity contribution in [1.29, 1.82) is 0 Å². The number of amides is 2. The normalized spacial score (nSPS) is 21.5. The van der Waals surface area contributed by atoms with Crippen LogP contribution in [-0.4, -0.2) is 54.3 Å². The number of nitrogens with one attached hydrogen (secondary N) is 1. The Hall–Kier alpha value is -2.51. The topological polar surface area (TPSA) is 60.3 Å². The smallest absolute Gasteiger partial charge is 0.324 e. The fourth-order valence-corrected chi connectivity index (χ4v) is 4.67. The summed E-state index contributed by atoms with van der Waals surface area (Å²) in [6.07, 6.45) is 4.31. The zero-order valence-corrected chi connectivity index (χ0v) is 16.9. The van der Waals surface area contributed by atoms with Gasteiger partial charge in [0.1, 0.15) is 0 Å². The van der Waals surface area contributed by atoms with E-state index in [1.807, 2.05) is 6.92 Å². The van der Waals surface area contributed by atoms with Gasteiger partial charge in [-0.05, 0) is 55.1 Å². The lowest BCUT2D eigenvalue weighted by Crippen LogP contribution is -2.53. The van der Waals surface area contributed by atoms with Gasteiger partial charge in [-0.1, -0.05) is 19.1 Å². The molecule has 1 aliphatic carbocycles. The molecular weight excluding hydrogens is 376 g/mol. The highest BCUT2D eigenvalue weighted by Crippen LogP contribution is 2.57. The Morgan fingerprint density at radius 1 is 1.28 bits per heavy atom. The van der Waals surface area contributed by atoms with Crippen molar-refractivity contribution in [3.05, 3.63) is 35.4 Å². The van der Waals surface area contributed by atoms with Crippen LogP contribution in [0.4, 0.5) is 13.6 Å². The number of piperidine rings is 1. The van der Waals surface area contributed by atoms with Crippen molar-refractivity contribution in [1.82, 2.24) is 15.2 Å². The molecule has 1 aromatic carbocycles. The number of urea groups is 1. The van der Waals surface area contributed by atoms with Crippen molar-refractivity contribution in [3.8, 4) is 0 Å². The van der Waals surface area contributed by atoms with Gasteiger partial charge in [0.2, 0.25) is 5.96 Å². The zero-order valence-electron chi connectivity index (χ0n) is 16.9. The molecule has 0 aromatic heterocycles. The predicted octanol–water partition coefficient (Wildman–Crippen LogP) is 3.70. The van der Waals surface area contributed by atoms with Gasteiger partial charge < -0.3 is 4.90 Å². The Labute approximate surface area is 169 Å². The first-order valence-electron chi connectivity index (χ1n) is 10.3. The van der Waals surface area contributed by atoms with Crippen LogP contribution >= 0.6 is 0 Å². The van der Waals surface area contributed by atoms with Gasteiger partial charge in [-0.2, -0.15) is 5.10 Å². The molecule has 6 nitrogen and oxygen atoms in total. The summed E-state index contributed by atoms with van der Waals surface area (Å²) in [4.78, 5) is 18.8. The molecule has 4 rings (SSSR count). The molecule has 2 fully saturated rings. The Morgan fingerprint density at radius 3 is 2.66 bits per heavy atom. The number of aliphatic imine (C=N–C) groups is 1. The second kappa shape index (κ2) is 7.72. The number of carbonyl (C=O) groups is 1. The summed E-state index contributed by atoms with van der Waals surface area (Å²) in [7, 11) is 1.78. The van der Waals surface area contributed by atoms with E-state index < -0.39 is 11.6 Å². The zero-order chi connectivity index (χ0) is 20.6. The number of hydrazone groups is 1. The molecule has 1 N–H and O–H groups in total. The van der Waals surface area contributed by atoms with Crippen LogP contribution in [0, 0.1) is 17.0 Å². The average Bonchev–Trinajstić information content (AvgIpc) is 2.70. The summed E-state index contributed by atoms with van der Waals surface area (Å²) in [5.41, 5.74) is 1.61. The van der Waals surface area contributed by atoms with Crippen LogP contribution in [0.2, 0.25) is 0 Å². The van der Waals surface area contributed by atoms with Crippen LogP contribution in [0.5, 0.6) is 0 Å². The van der Waals surface area contributed by atoms with E-state index in [0.29, 0.717) is 31.2 Å². The van der Waals surface area contributed by atoms with E-state index >= 15 is 0 Å². The molecule has 0 atom stereocenters. The van der Waals surface area contributed by atoms with Gasteiger partial charge in [0.15, 0.2) is 11.6 Å². The number of nitrogens with zero attached hydrogens (tertiary/aromatic N) is 4. The highest BCUT2D eigenvalue weighted by Gasteiger charge is 2.47. The van der Waals surface area contributed by atoms with Crippen molar-refractivity contribution >= 4 is 17.7 Å². The molecule has 0 unspecified atom stereocenters. The first-order chi connectivity index (χ1) is 13.9. The third kappa shape index (κ3) is 3.84. The number of hydrogen-bond acceptors (Lipinski definition) is 4. The van der Waals surface area contributed by atoms with E-state index in [1.165, 1.54) is 0 Å². The van der Waals surface area contributed by atoms with Crippen LogP contribution in [0.1, 0.15) is 50.5 Å². The number of hydrogen-bond donors (Lipinski definition) is 1. The molecule has 8 heteroatoms. The first kappa shape index (κ1) is 19.8. The number of likely N-dealkylation sites (tertiary alicyclic amines) is 1. The largest absolute Gasteiger partial charge is 0.324 e. The van der Waals surface area contributed by atoms with Crippen LogP contribution in [-0.2, 0) is 0 Å². The van der Waals surface area contributed by atoms with E-state index in [2.05, 4.69) is 15.4 Å². The minimum Gasteiger partial charge on any atom is -0.324 e. The van der Waals surface area contributed by atoms with Gasteiger partial charge in [-0.3, -0.25) is 5.32 Å². The Bertz CT molecular complexity index is 853. The molecule has 1 saturated heterocycles. The molecule has 1 aromatic rings. The number of guanidine groups is 1. The van der Waals surface area contributed by atoms with Crippen molar-refractivity contribution in [2.24, 2.45) is 15.5 Å². The third-order valence-electron chi connectivity index (χ3n) is 6.53. The van der Waals surface area contributed by atoms with Crippen molar-refractivity contribution < 1.29 is 13.6 Å². The Morgan fingerprint density at radius 2 is 2.00 bits per heavy atom. The maximum Gasteiger partial charge on any atom is 0.324 e. The van der Waals surface area contributed by atoms with Crippen molar-refractivity contribution in [3.63, 3.8) is 0 Å². The van der Waals surface area contributed by atoms with Gasteiger partial charge in [0.25, 0.3) is 0 Å². The van der Waals surface area contributed by atoms with Crippen molar-refractivity contribution in [2.45, 2.75) is 44.9 Å². The summed E-state index contributed by atoms with van der Waals surface area (Å²) >= 11 is 0. The quantitative estimate of drug-likeness (QED) is 0.819. The minimum atomic E-state index is -0.777. The number of carbonyl (C=O) groups excluding carboxylic acids is 1. The van der Waals surface area contributed by atoms with Crippen molar-refractivity contribution in [2.75, 3.05) is 26.7 Å². The number of rotatable bonds is 2. The van der Waals surface area contributed by atoms with Crippen LogP contribution in [0.3, 0.4) is 0 Å². The van der Waals surface area contributed by atoms with Crippen LogP contribution in [0.25, 0.3) is 0 Å². The fourth-order valence-electron chi connectivity index (χ4n) is 4.67. The number of halogens is 2. The molecule has 1 saturated carbocycles. The average molecular weight is 403 g/mol. The SMILES string of the molecule is CCC1=NN(C)C(NC(=O)N2CCC3(CC2)CC(c2cccc(F)c2F)C3)=NC1. The molecular formula is C21H27F2N5O. The molecule has 2 aliphatic heterocycles. The lowest BCUT2D eigenvalue weighted by Gasteiger charge is -2.52. The minimum absolute atomic E-state index is 0.0712. The van der Waals surface area contributed by atoms with E-state index in [1.54, 1.807) is 29.1 Å². The second-order valence-corrected chi connectivity index (χ2v) is 8.35. The summed E-state index contributed by atoms with van der Waals surface area (Å²) in [5.74, 6) is -0.948. The Kier molecular flexibility index (Phi) is 5.27. The molecule has 2 amide bonds. The monoisotopic (exact) mass is 403 g/mol. The molecule has 0 bridgehead atoms. The maximum atomic E-state index is 14.0. The van der Waals surface area contributed by atoms with Gasteiger partial charge in [-0.25, -0.2) is 23.6 Å². The molecule has 1 spiro atoms. The second-order valence-electron chi connectivity index (χ2n) is 8.35. The fraction of sp³-hybridized carbons (Fsp3) is 0.571. The van der Waals surface area contributed by atoms with E-state index in [0.717, 1.165) is 43.9 Å². The molecule has 29 heavy (non-hydrogen) atoms. The highest BCUT2D eigenvalue weighted by atomic mass is 19.2. The molecule has 156 valence electrons. The lowest BCUT2D eigenvalue weighted by atomic mass is 9.56. The van der Waals surface area contributed by atoms with E-state index in [-0.39, 0.29) is 17.4 Å². The maximum absolute atomic E-state index is 14.0. The summed E-state index contributed by atoms with van der Waals surface area (Å²) in [5, 5.41) is 8.87. The van der Waals surface area contributed by atoms with Gasteiger partial charge in [0, 0.05) is 20.1 Å². The standard InChI is InChI=1S/C21H27F2N5O/c1-3-15-13-24-19(27(2)26-15)25-20(29)28-9-7-21(8-10-28)11-14(12-21)16-5-4-6-17(22)18(16)23/h4-6,14H,3,7-13H2,1-2H3,(H,24,25,29). The molecule has 0 radical (unpaired) electrons. The van der Waals surface area contributed by atoms with E-state index in [9.17, 15) is 13.6 Å². The van der Waals surface area contributed by atoms with Gasteiger partial charge in [-0.15, -0.1) is 0 Å². The summed E-state index contributed by atoms with van der Waals surface area (Å²) < 4.78 is 27.5.